The number of benzene rings is 1. The summed E-state index contributed by atoms with van der Waals surface area (Å²) in [5.74, 6) is -8.01. The Kier molecular flexibility index (Phi) is 3.32. The molecule has 2 aromatic heterocycles. The van der Waals surface area contributed by atoms with Crippen LogP contribution in [0.5, 0.6) is 11.6 Å². The van der Waals surface area contributed by atoms with Crippen LogP contribution in [0.1, 0.15) is 5.82 Å². The molecule has 1 aromatic carbocycles. The van der Waals surface area contributed by atoms with Crippen molar-refractivity contribution >= 4 is 5.65 Å². The van der Waals surface area contributed by atoms with Crippen LogP contribution in [0, 0.1) is 17.5 Å². The second-order valence-electron chi connectivity index (χ2n) is 4.68. The minimum absolute atomic E-state index is 0.250. The van der Waals surface area contributed by atoms with Crippen molar-refractivity contribution in [2.75, 3.05) is 0 Å². The van der Waals surface area contributed by atoms with Crippen LogP contribution in [0.3, 0.4) is 0 Å². The zero-order chi connectivity index (χ0) is 17.8. The highest BCUT2D eigenvalue weighted by Crippen LogP contribution is 2.41. The van der Waals surface area contributed by atoms with Gasteiger partial charge in [-0.25, -0.2) is 18.2 Å². The number of pyridine rings is 1. The molecule has 3 aromatic rings. The van der Waals surface area contributed by atoms with Crippen LogP contribution < -0.4 is 0 Å². The van der Waals surface area contributed by atoms with Gasteiger partial charge in [-0.1, -0.05) is 0 Å². The lowest BCUT2D eigenvalue weighted by Gasteiger charge is -2.10. The Morgan fingerprint density at radius 1 is 0.917 bits per heavy atom. The molecule has 11 heteroatoms. The molecule has 0 atom stereocenters. The second-order valence-corrected chi connectivity index (χ2v) is 4.68. The summed E-state index contributed by atoms with van der Waals surface area (Å²) in [4.78, 5) is 3.06. The number of alkyl halides is 3. The summed E-state index contributed by atoms with van der Waals surface area (Å²) in [6.45, 7) is 0. The number of hydrogen-bond donors (Lipinski definition) is 2. The molecule has 0 spiro atoms. The van der Waals surface area contributed by atoms with E-state index in [0.29, 0.717) is 6.07 Å². The van der Waals surface area contributed by atoms with Crippen molar-refractivity contribution in [3.63, 3.8) is 0 Å². The van der Waals surface area contributed by atoms with Crippen LogP contribution in [-0.4, -0.2) is 24.8 Å². The molecule has 5 nitrogen and oxygen atoms in total. The number of rotatable bonds is 1. The highest BCUT2D eigenvalue weighted by molar-refractivity contribution is 5.78. The first-order valence-corrected chi connectivity index (χ1v) is 6.13. The lowest BCUT2D eigenvalue weighted by atomic mass is 10.0. The van der Waals surface area contributed by atoms with E-state index in [2.05, 4.69) is 10.1 Å². The van der Waals surface area contributed by atoms with E-state index in [1.54, 1.807) is 0 Å². The first kappa shape index (κ1) is 15.9. The molecule has 24 heavy (non-hydrogen) atoms. The number of nitrogens with zero attached hydrogens (tertiary/aromatic N) is 3. The van der Waals surface area contributed by atoms with Gasteiger partial charge in [-0.05, 0) is 0 Å². The van der Waals surface area contributed by atoms with Crippen LogP contribution in [0.2, 0.25) is 0 Å². The van der Waals surface area contributed by atoms with Gasteiger partial charge in [0.25, 0.3) is 5.82 Å². The van der Waals surface area contributed by atoms with Crippen LogP contribution in [0.25, 0.3) is 16.8 Å². The lowest BCUT2D eigenvalue weighted by Crippen LogP contribution is -2.07. The van der Waals surface area contributed by atoms with Crippen LogP contribution in [0.15, 0.2) is 18.2 Å². The van der Waals surface area contributed by atoms with Gasteiger partial charge in [0.15, 0.2) is 5.65 Å². The lowest BCUT2D eigenvalue weighted by molar-refractivity contribution is -0.144. The van der Waals surface area contributed by atoms with Gasteiger partial charge in [0.05, 0.1) is 11.1 Å². The Morgan fingerprint density at radius 2 is 1.50 bits per heavy atom. The van der Waals surface area contributed by atoms with Crippen LogP contribution >= 0.6 is 0 Å². The smallest absolute Gasteiger partial charge is 0.453 e. The zero-order valence-corrected chi connectivity index (χ0v) is 11.2. The summed E-state index contributed by atoms with van der Waals surface area (Å²) in [6.07, 6.45) is -4.94. The Bertz CT molecular complexity index is 943. The normalized spacial score (nSPS) is 12.1. The maximum Gasteiger partial charge on any atom is 0.453 e. The predicted octanol–water partition coefficient (Wildman–Crippen LogP) is 3.24. The van der Waals surface area contributed by atoms with Gasteiger partial charge in [0.1, 0.15) is 23.2 Å². The van der Waals surface area contributed by atoms with Gasteiger partial charge in [0, 0.05) is 18.2 Å². The Balaban J connectivity index is 2.34. The first-order valence-electron chi connectivity index (χ1n) is 6.13. The highest BCUT2D eigenvalue weighted by atomic mass is 19.4. The van der Waals surface area contributed by atoms with E-state index in [1.807, 2.05) is 0 Å². The van der Waals surface area contributed by atoms with E-state index in [0.717, 1.165) is 0 Å². The van der Waals surface area contributed by atoms with E-state index < -0.39 is 57.9 Å². The van der Waals surface area contributed by atoms with Crippen molar-refractivity contribution in [1.29, 1.82) is 0 Å². The molecule has 0 amide bonds. The number of halogens is 6. The number of fused-ring (bicyclic) bond motifs is 1. The Hall–Kier alpha value is -2.98. The molecule has 0 aliphatic heterocycles. The van der Waals surface area contributed by atoms with Gasteiger partial charge in [-0.2, -0.15) is 17.7 Å². The fraction of sp³-hybridized carbons (Fsp3) is 0.0769. The molecular weight excluding hydrogens is 344 g/mol. The van der Waals surface area contributed by atoms with Gasteiger partial charge in [-0.15, -0.1) is 5.10 Å². The molecule has 0 saturated heterocycles. The summed E-state index contributed by atoms with van der Waals surface area (Å²) < 4.78 is 78.7. The molecule has 0 saturated carbocycles. The van der Waals surface area contributed by atoms with Crippen molar-refractivity contribution in [3.05, 3.63) is 41.5 Å². The van der Waals surface area contributed by atoms with Crippen molar-refractivity contribution in [1.82, 2.24) is 14.6 Å². The standard InChI is InChI=1S/C13H5F6N3O2/c14-4-1-5(15)9(6(16)2-4)10-7(23)3-8-20-12(13(17,18)19)21-22(8)11(10)24/h1-3,23-24H. The molecule has 126 valence electrons. The maximum atomic E-state index is 13.8. The molecule has 0 aliphatic rings. The largest absolute Gasteiger partial charge is 0.507 e. The molecule has 3 rings (SSSR count). The zero-order valence-electron chi connectivity index (χ0n) is 11.2. The van der Waals surface area contributed by atoms with Gasteiger partial charge >= 0.3 is 6.18 Å². The van der Waals surface area contributed by atoms with Crippen molar-refractivity contribution in [3.8, 4) is 22.8 Å². The van der Waals surface area contributed by atoms with Crippen molar-refractivity contribution < 1.29 is 36.6 Å². The molecular formula is C13H5F6N3O2. The summed E-state index contributed by atoms with van der Waals surface area (Å²) in [7, 11) is 0. The fourth-order valence-corrected chi connectivity index (χ4v) is 2.13. The third kappa shape index (κ3) is 2.37. The summed E-state index contributed by atoms with van der Waals surface area (Å²) in [5.41, 5.74) is -2.53. The summed E-state index contributed by atoms with van der Waals surface area (Å²) >= 11 is 0. The quantitative estimate of drug-likeness (QED) is 0.662. The number of hydrogen-bond acceptors (Lipinski definition) is 4. The third-order valence-electron chi connectivity index (χ3n) is 3.09. The number of aromatic nitrogens is 3. The average Bonchev–Trinajstić information content (AvgIpc) is 2.85. The highest BCUT2D eigenvalue weighted by Gasteiger charge is 2.37. The van der Waals surface area contributed by atoms with Crippen molar-refractivity contribution in [2.24, 2.45) is 0 Å². The monoisotopic (exact) mass is 349 g/mol. The fourth-order valence-electron chi connectivity index (χ4n) is 2.13. The molecule has 0 radical (unpaired) electrons. The van der Waals surface area contributed by atoms with E-state index in [4.69, 9.17) is 0 Å². The Morgan fingerprint density at radius 3 is 2.04 bits per heavy atom. The van der Waals surface area contributed by atoms with E-state index >= 15 is 0 Å². The average molecular weight is 349 g/mol. The number of aromatic hydroxyl groups is 2. The molecule has 0 aliphatic carbocycles. The summed E-state index contributed by atoms with van der Waals surface area (Å²) in [5, 5.41) is 22.8. The SMILES string of the molecule is Oc1cc2nc(C(F)(F)F)nn2c(O)c1-c1c(F)cc(F)cc1F. The first-order chi connectivity index (χ1) is 11.1. The van der Waals surface area contributed by atoms with Crippen LogP contribution in [-0.2, 0) is 6.18 Å². The van der Waals surface area contributed by atoms with E-state index in [-0.39, 0.29) is 16.6 Å². The van der Waals surface area contributed by atoms with Gasteiger partial charge < -0.3 is 10.2 Å². The molecule has 0 fully saturated rings. The predicted molar refractivity (Wildman–Crippen MR) is 66.6 cm³/mol. The Labute approximate surface area is 128 Å². The maximum absolute atomic E-state index is 13.8. The van der Waals surface area contributed by atoms with E-state index in [1.165, 1.54) is 0 Å². The molecule has 0 unspecified atom stereocenters. The molecule has 2 heterocycles. The second kappa shape index (κ2) is 5.01. The topological polar surface area (TPSA) is 70.7 Å². The molecule has 0 bridgehead atoms. The molecule has 2 N–H and O–H groups in total. The minimum atomic E-state index is -4.94. The van der Waals surface area contributed by atoms with Crippen molar-refractivity contribution in [2.45, 2.75) is 6.18 Å². The minimum Gasteiger partial charge on any atom is -0.507 e. The van der Waals surface area contributed by atoms with Gasteiger partial charge in [0.2, 0.25) is 5.88 Å². The third-order valence-corrected chi connectivity index (χ3v) is 3.09. The van der Waals surface area contributed by atoms with Gasteiger partial charge in [-0.3, -0.25) is 0 Å². The van der Waals surface area contributed by atoms with Crippen LogP contribution in [0.4, 0.5) is 26.3 Å². The summed E-state index contributed by atoms with van der Waals surface area (Å²) in [6, 6.07) is 1.19. The van der Waals surface area contributed by atoms with E-state index in [9.17, 15) is 36.6 Å².